The van der Waals surface area contributed by atoms with Gasteiger partial charge in [0.05, 0.1) is 4.90 Å². The predicted octanol–water partition coefficient (Wildman–Crippen LogP) is 2.91. The quantitative estimate of drug-likeness (QED) is 0.659. The zero-order chi connectivity index (χ0) is 19.4. The van der Waals surface area contributed by atoms with Crippen LogP contribution >= 0.6 is 12.4 Å². The van der Waals surface area contributed by atoms with Crippen molar-refractivity contribution in [3.05, 3.63) is 59.9 Å². The molecule has 0 radical (unpaired) electrons. The summed E-state index contributed by atoms with van der Waals surface area (Å²) in [4.78, 5) is 12.3. The van der Waals surface area contributed by atoms with Gasteiger partial charge in [-0.2, -0.15) is 0 Å². The molecule has 3 rings (SSSR count). The lowest BCUT2D eigenvalue weighted by Crippen LogP contribution is -2.39. The number of benzene rings is 2. The molecule has 0 saturated heterocycles. The zero-order valence-corrected chi connectivity index (χ0v) is 16.7. The molecule has 0 spiro atoms. The van der Waals surface area contributed by atoms with E-state index in [1.165, 1.54) is 48.5 Å². The summed E-state index contributed by atoms with van der Waals surface area (Å²) in [6, 6.07) is 10.9. The van der Waals surface area contributed by atoms with Crippen molar-refractivity contribution in [3.8, 4) is 0 Å². The number of carbonyl (C=O) groups is 1. The van der Waals surface area contributed by atoms with Crippen LogP contribution in [-0.4, -0.2) is 26.9 Å². The van der Waals surface area contributed by atoms with Gasteiger partial charge in [0.15, 0.2) is 0 Å². The topological polar surface area (TPSA) is 101 Å². The Bertz CT molecular complexity index is 905. The molecule has 0 bridgehead atoms. The molecule has 6 nitrogen and oxygen atoms in total. The molecule has 2 unspecified atom stereocenters. The van der Waals surface area contributed by atoms with E-state index in [1.54, 1.807) is 0 Å². The highest BCUT2D eigenvalue weighted by atomic mass is 35.5. The number of rotatable bonds is 6. The van der Waals surface area contributed by atoms with Crippen LogP contribution in [0.5, 0.6) is 0 Å². The second kappa shape index (κ2) is 9.47. The molecule has 4 N–H and O–H groups in total. The number of sulfonamides is 1. The van der Waals surface area contributed by atoms with E-state index in [0.717, 1.165) is 19.3 Å². The maximum absolute atomic E-state index is 12.9. The molecule has 1 amide bonds. The number of hydrogen-bond donors (Lipinski definition) is 3. The molecular formula is C19H23ClFN3O3S. The predicted molar refractivity (Wildman–Crippen MR) is 109 cm³/mol. The summed E-state index contributed by atoms with van der Waals surface area (Å²) in [6.07, 6.45) is 2.67. The fraction of sp³-hybridized carbons (Fsp3) is 0.316. The number of amides is 1. The molecule has 2 atom stereocenters. The van der Waals surface area contributed by atoms with Crippen molar-refractivity contribution < 1.29 is 17.6 Å². The number of anilines is 1. The van der Waals surface area contributed by atoms with Crippen LogP contribution in [0.2, 0.25) is 0 Å². The third kappa shape index (κ3) is 5.29. The van der Waals surface area contributed by atoms with E-state index in [9.17, 15) is 17.6 Å². The molecule has 152 valence electrons. The molecule has 2 aromatic rings. The molecule has 0 heterocycles. The van der Waals surface area contributed by atoms with Gasteiger partial charge < -0.3 is 11.1 Å². The van der Waals surface area contributed by atoms with Gasteiger partial charge in [-0.3, -0.25) is 4.79 Å². The largest absolute Gasteiger partial charge is 0.330 e. The normalized spacial score (nSPS) is 19.1. The minimum atomic E-state index is -3.65. The smallest absolute Gasteiger partial charge is 0.255 e. The van der Waals surface area contributed by atoms with Gasteiger partial charge in [-0.15, -0.1) is 12.4 Å². The molecule has 9 heteroatoms. The van der Waals surface area contributed by atoms with E-state index in [1.807, 2.05) is 0 Å². The summed E-state index contributed by atoms with van der Waals surface area (Å²) in [5.74, 6) is -0.665. The minimum absolute atomic E-state index is 0. The lowest BCUT2D eigenvalue weighted by molar-refractivity contribution is 0.102. The first-order valence-electron chi connectivity index (χ1n) is 8.78. The molecule has 2 aromatic carbocycles. The van der Waals surface area contributed by atoms with Crippen molar-refractivity contribution in [3.63, 3.8) is 0 Å². The fourth-order valence-electron chi connectivity index (χ4n) is 3.26. The fourth-order valence-corrected chi connectivity index (χ4v) is 4.60. The Labute approximate surface area is 170 Å². The first kappa shape index (κ1) is 22.3. The van der Waals surface area contributed by atoms with Gasteiger partial charge in [-0.1, -0.05) is 6.42 Å². The third-order valence-electron chi connectivity index (χ3n) is 4.80. The van der Waals surface area contributed by atoms with Gasteiger partial charge in [-0.25, -0.2) is 17.5 Å². The lowest BCUT2D eigenvalue weighted by atomic mass is 10.1. The zero-order valence-electron chi connectivity index (χ0n) is 15.1. The van der Waals surface area contributed by atoms with Crippen LogP contribution in [0.15, 0.2) is 53.4 Å². The standard InChI is InChI=1S/C19H22FN3O3S.ClH/c20-15-6-4-13(5-7-15)19(24)22-16-8-10-17(11-9-16)27(25,26)23-18-3-1-2-14(18)12-21;/h4-11,14,18,23H,1-3,12,21H2,(H,22,24);1H. The lowest BCUT2D eigenvalue weighted by Gasteiger charge is -2.19. The van der Waals surface area contributed by atoms with Crippen molar-refractivity contribution in [2.75, 3.05) is 11.9 Å². The number of carbonyl (C=O) groups excluding carboxylic acids is 1. The SMILES string of the molecule is Cl.NCC1CCCC1NS(=O)(=O)c1ccc(NC(=O)c2ccc(F)cc2)cc1. The molecule has 0 aromatic heterocycles. The van der Waals surface area contributed by atoms with Gasteiger partial charge in [0.2, 0.25) is 10.0 Å². The Balaban J connectivity index is 0.00000280. The third-order valence-corrected chi connectivity index (χ3v) is 6.30. The van der Waals surface area contributed by atoms with Crippen LogP contribution in [0.4, 0.5) is 10.1 Å². The first-order valence-corrected chi connectivity index (χ1v) is 10.3. The van der Waals surface area contributed by atoms with Crippen molar-refractivity contribution in [1.29, 1.82) is 0 Å². The highest BCUT2D eigenvalue weighted by Crippen LogP contribution is 2.26. The van der Waals surface area contributed by atoms with Crippen LogP contribution in [0.1, 0.15) is 29.6 Å². The Morgan fingerprint density at radius 1 is 1.07 bits per heavy atom. The van der Waals surface area contributed by atoms with Gasteiger partial charge >= 0.3 is 0 Å². The molecule has 1 aliphatic carbocycles. The molecule has 0 aliphatic heterocycles. The van der Waals surface area contributed by atoms with E-state index in [-0.39, 0.29) is 29.3 Å². The number of nitrogens with one attached hydrogen (secondary N) is 2. The Kier molecular flexibility index (Phi) is 7.54. The van der Waals surface area contributed by atoms with Crippen molar-refractivity contribution in [2.24, 2.45) is 11.7 Å². The monoisotopic (exact) mass is 427 g/mol. The Hall–Kier alpha value is -2.00. The maximum Gasteiger partial charge on any atom is 0.255 e. The Morgan fingerprint density at radius 2 is 1.71 bits per heavy atom. The molecule has 1 fully saturated rings. The second-order valence-electron chi connectivity index (χ2n) is 6.64. The van der Waals surface area contributed by atoms with Gasteiger partial charge in [0.25, 0.3) is 5.91 Å². The van der Waals surface area contributed by atoms with Crippen LogP contribution in [-0.2, 0) is 10.0 Å². The summed E-state index contributed by atoms with van der Waals surface area (Å²) in [5, 5.41) is 2.65. The van der Waals surface area contributed by atoms with Gasteiger partial charge in [0.1, 0.15) is 5.82 Å². The van der Waals surface area contributed by atoms with E-state index in [2.05, 4.69) is 10.0 Å². The van der Waals surface area contributed by atoms with E-state index >= 15 is 0 Å². The van der Waals surface area contributed by atoms with Crippen molar-refractivity contribution >= 4 is 34.0 Å². The highest BCUT2D eigenvalue weighted by molar-refractivity contribution is 7.89. The summed E-state index contributed by atoms with van der Waals surface area (Å²) in [5.41, 5.74) is 6.47. The Morgan fingerprint density at radius 3 is 2.32 bits per heavy atom. The summed E-state index contributed by atoms with van der Waals surface area (Å²) < 4.78 is 40.8. The van der Waals surface area contributed by atoms with Crippen LogP contribution < -0.4 is 15.8 Å². The van der Waals surface area contributed by atoms with Crippen LogP contribution in [0.25, 0.3) is 0 Å². The van der Waals surface area contributed by atoms with Crippen LogP contribution in [0, 0.1) is 11.7 Å². The first-order chi connectivity index (χ1) is 12.9. The summed E-state index contributed by atoms with van der Waals surface area (Å²) >= 11 is 0. The van der Waals surface area contributed by atoms with E-state index in [4.69, 9.17) is 5.73 Å². The molecule has 28 heavy (non-hydrogen) atoms. The number of halogens is 2. The van der Waals surface area contributed by atoms with Crippen molar-refractivity contribution in [1.82, 2.24) is 4.72 Å². The maximum atomic E-state index is 12.9. The van der Waals surface area contributed by atoms with E-state index < -0.39 is 21.7 Å². The van der Waals surface area contributed by atoms with E-state index in [0.29, 0.717) is 17.8 Å². The van der Waals surface area contributed by atoms with Crippen molar-refractivity contribution in [2.45, 2.75) is 30.2 Å². The summed E-state index contributed by atoms with van der Waals surface area (Å²) in [7, 11) is -3.65. The molecular weight excluding hydrogens is 405 g/mol. The summed E-state index contributed by atoms with van der Waals surface area (Å²) in [6.45, 7) is 0.460. The molecule has 1 saturated carbocycles. The van der Waals surface area contributed by atoms with Crippen LogP contribution in [0.3, 0.4) is 0 Å². The minimum Gasteiger partial charge on any atom is -0.330 e. The highest BCUT2D eigenvalue weighted by Gasteiger charge is 2.30. The van der Waals surface area contributed by atoms with Gasteiger partial charge in [0, 0.05) is 17.3 Å². The number of nitrogens with two attached hydrogens (primary N) is 1. The second-order valence-corrected chi connectivity index (χ2v) is 8.35. The molecule has 1 aliphatic rings. The number of hydrogen-bond acceptors (Lipinski definition) is 4. The average Bonchev–Trinajstić information content (AvgIpc) is 3.09. The average molecular weight is 428 g/mol. The van der Waals surface area contributed by atoms with Gasteiger partial charge in [-0.05, 0) is 73.8 Å².